The van der Waals surface area contributed by atoms with Crippen LogP contribution in [0.15, 0.2) is 0 Å². The Labute approximate surface area is 129 Å². The van der Waals surface area contributed by atoms with Crippen molar-refractivity contribution in [2.75, 3.05) is 20.1 Å². The third-order valence-corrected chi connectivity index (χ3v) is 5.00. The zero-order valence-corrected chi connectivity index (χ0v) is 13.9. The van der Waals surface area contributed by atoms with Gasteiger partial charge < -0.3 is 10.0 Å². The molecule has 4 nitrogen and oxygen atoms in total. The summed E-state index contributed by atoms with van der Waals surface area (Å²) in [6.07, 6.45) is 7.87. The van der Waals surface area contributed by atoms with Crippen LogP contribution in [0.2, 0.25) is 0 Å². The first-order valence-electron chi connectivity index (χ1n) is 8.65. The maximum Gasteiger partial charge on any atom is 0.237 e. The number of nitrogens with zero attached hydrogens (tertiary/aromatic N) is 2. The van der Waals surface area contributed by atoms with E-state index in [1.54, 1.807) is 0 Å². The Balaban J connectivity index is 1.82. The highest BCUT2D eigenvalue weighted by atomic mass is 16.3. The van der Waals surface area contributed by atoms with Gasteiger partial charge in [-0.25, -0.2) is 0 Å². The summed E-state index contributed by atoms with van der Waals surface area (Å²) in [5, 5.41) is 9.35. The summed E-state index contributed by atoms with van der Waals surface area (Å²) in [4.78, 5) is 16.9. The van der Waals surface area contributed by atoms with Crippen LogP contribution < -0.4 is 0 Å². The van der Waals surface area contributed by atoms with Crippen molar-refractivity contribution in [2.24, 2.45) is 5.92 Å². The second-order valence-electron chi connectivity index (χ2n) is 7.37. The van der Waals surface area contributed by atoms with Gasteiger partial charge in [0.1, 0.15) is 0 Å². The molecular weight excluding hydrogens is 264 g/mol. The fourth-order valence-corrected chi connectivity index (χ4v) is 3.94. The third-order valence-electron chi connectivity index (χ3n) is 5.00. The fraction of sp³-hybridized carbons (Fsp3) is 0.941. The van der Waals surface area contributed by atoms with Crippen LogP contribution in [0.1, 0.15) is 58.8 Å². The van der Waals surface area contributed by atoms with Crippen LogP contribution in [0.4, 0.5) is 0 Å². The lowest BCUT2D eigenvalue weighted by Gasteiger charge is -2.39. The van der Waals surface area contributed by atoms with E-state index in [9.17, 15) is 9.90 Å². The first kappa shape index (κ1) is 16.8. The molecule has 122 valence electrons. The molecule has 0 spiro atoms. The van der Waals surface area contributed by atoms with Crippen LogP contribution in [-0.4, -0.2) is 59.1 Å². The average molecular weight is 296 g/mol. The van der Waals surface area contributed by atoms with E-state index >= 15 is 0 Å². The molecule has 0 atom stereocenters. The molecule has 2 rings (SSSR count). The van der Waals surface area contributed by atoms with Crippen LogP contribution in [0, 0.1) is 5.92 Å². The molecule has 2 saturated carbocycles. The summed E-state index contributed by atoms with van der Waals surface area (Å²) < 4.78 is 0. The zero-order valence-electron chi connectivity index (χ0n) is 13.9. The van der Waals surface area contributed by atoms with E-state index in [1.807, 2.05) is 7.05 Å². The average Bonchev–Trinajstić information content (AvgIpc) is 2.37. The molecule has 0 aromatic heterocycles. The minimum Gasteiger partial charge on any atom is -0.393 e. The summed E-state index contributed by atoms with van der Waals surface area (Å²) in [5.74, 6) is 0.847. The maximum absolute atomic E-state index is 12.7. The van der Waals surface area contributed by atoms with E-state index in [4.69, 9.17) is 0 Å². The number of aliphatic hydroxyl groups excluding tert-OH is 1. The number of aliphatic hydroxyl groups is 1. The number of rotatable bonds is 6. The Morgan fingerprint density at radius 1 is 1.19 bits per heavy atom. The monoisotopic (exact) mass is 296 g/mol. The minimum absolute atomic E-state index is 0.103. The molecule has 2 fully saturated rings. The van der Waals surface area contributed by atoms with Crippen molar-refractivity contribution in [1.29, 1.82) is 0 Å². The first-order chi connectivity index (χ1) is 9.97. The van der Waals surface area contributed by atoms with E-state index in [-0.39, 0.29) is 12.0 Å². The Bertz CT molecular complexity index is 334. The van der Waals surface area contributed by atoms with Crippen molar-refractivity contribution >= 4 is 5.91 Å². The molecule has 0 bridgehead atoms. The number of carbonyl (C=O) groups is 1. The van der Waals surface area contributed by atoms with Gasteiger partial charge in [-0.15, -0.1) is 0 Å². The van der Waals surface area contributed by atoms with Crippen molar-refractivity contribution in [3.63, 3.8) is 0 Å². The van der Waals surface area contributed by atoms with Crippen LogP contribution in [-0.2, 0) is 4.79 Å². The Hall–Kier alpha value is -0.610. The lowest BCUT2D eigenvalue weighted by Crippen LogP contribution is -2.50. The highest BCUT2D eigenvalue weighted by Crippen LogP contribution is 2.28. The standard InChI is InChI=1S/C17H32N2O2/c1-13(2)19(15-7-5-4-6-8-15)17(21)12-18(3)11-14-9-16(20)10-14/h13-16,20H,4-12H2,1-3H3. The van der Waals surface area contributed by atoms with E-state index in [0.717, 1.165) is 19.4 Å². The number of hydrogen-bond donors (Lipinski definition) is 1. The van der Waals surface area contributed by atoms with Gasteiger partial charge in [-0.3, -0.25) is 9.69 Å². The van der Waals surface area contributed by atoms with Gasteiger partial charge in [0.2, 0.25) is 5.91 Å². The minimum atomic E-state index is -0.103. The van der Waals surface area contributed by atoms with Crippen LogP contribution in [0.25, 0.3) is 0 Å². The second-order valence-corrected chi connectivity index (χ2v) is 7.37. The molecule has 1 N–H and O–H groups in total. The van der Waals surface area contributed by atoms with Crippen LogP contribution >= 0.6 is 0 Å². The van der Waals surface area contributed by atoms with Gasteiger partial charge in [-0.2, -0.15) is 0 Å². The SMILES string of the molecule is CC(C)N(C(=O)CN(C)CC1CC(O)C1)C1CCCCC1. The van der Waals surface area contributed by atoms with Crippen LogP contribution in [0.5, 0.6) is 0 Å². The predicted molar refractivity (Wildman–Crippen MR) is 85.1 cm³/mol. The van der Waals surface area contributed by atoms with Gasteiger partial charge in [0, 0.05) is 18.6 Å². The molecule has 1 amide bonds. The topological polar surface area (TPSA) is 43.8 Å². The zero-order chi connectivity index (χ0) is 15.4. The molecule has 0 aromatic carbocycles. The smallest absolute Gasteiger partial charge is 0.237 e. The second kappa shape index (κ2) is 7.59. The normalized spacial score (nSPS) is 27.0. The van der Waals surface area contributed by atoms with Gasteiger partial charge >= 0.3 is 0 Å². The van der Waals surface area contributed by atoms with E-state index in [1.165, 1.54) is 32.1 Å². The molecule has 4 heteroatoms. The van der Waals surface area contributed by atoms with E-state index in [0.29, 0.717) is 24.5 Å². The summed E-state index contributed by atoms with van der Waals surface area (Å²) in [7, 11) is 2.03. The number of carbonyl (C=O) groups excluding carboxylic acids is 1. The molecule has 21 heavy (non-hydrogen) atoms. The first-order valence-corrected chi connectivity index (χ1v) is 8.65. The highest BCUT2D eigenvalue weighted by Gasteiger charge is 2.31. The maximum atomic E-state index is 12.7. The molecule has 0 aliphatic heterocycles. The van der Waals surface area contributed by atoms with Gasteiger partial charge in [0.05, 0.1) is 12.6 Å². The van der Waals surface area contributed by atoms with Crippen molar-refractivity contribution in [2.45, 2.75) is 77.0 Å². The molecule has 0 heterocycles. The molecular formula is C17H32N2O2. The Kier molecular flexibility index (Phi) is 6.06. The Morgan fingerprint density at radius 2 is 1.81 bits per heavy atom. The third kappa shape index (κ3) is 4.68. The molecule has 2 aliphatic rings. The van der Waals surface area contributed by atoms with Gasteiger partial charge in [-0.05, 0) is 52.5 Å². The molecule has 0 unspecified atom stereocenters. The number of likely N-dealkylation sites (N-methyl/N-ethyl adjacent to an activating group) is 1. The van der Waals surface area contributed by atoms with E-state index in [2.05, 4.69) is 23.6 Å². The largest absolute Gasteiger partial charge is 0.393 e. The molecule has 0 saturated heterocycles. The summed E-state index contributed by atoms with van der Waals surface area (Å²) >= 11 is 0. The van der Waals surface area contributed by atoms with Gasteiger partial charge in [-0.1, -0.05) is 19.3 Å². The molecule has 0 aromatic rings. The summed E-state index contributed by atoms with van der Waals surface area (Å²) in [6.45, 7) is 5.71. The lowest BCUT2D eigenvalue weighted by atomic mass is 9.82. The van der Waals surface area contributed by atoms with Crippen molar-refractivity contribution in [3.05, 3.63) is 0 Å². The Morgan fingerprint density at radius 3 is 2.33 bits per heavy atom. The van der Waals surface area contributed by atoms with Crippen molar-refractivity contribution in [1.82, 2.24) is 9.80 Å². The lowest BCUT2D eigenvalue weighted by molar-refractivity contribution is -0.137. The summed E-state index contributed by atoms with van der Waals surface area (Å²) in [6, 6.07) is 0.740. The van der Waals surface area contributed by atoms with Gasteiger partial charge in [0.15, 0.2) is 0 Å². The molecule has 2 aliphatic carbocycles. The van der Waals surface area contributed by atoms with Crippen LogP contribution in [0.3, 0.4) is 0 Å². The number of amides is 1. The number of hydrogen-bond acceptors (Lipinski definition) is 3. The summed E-state index contributed by atoms with van der Waals surface area (Å²) in [5.41, 5.74) is 0. The quantitative estimate of drug-likeness (QED) is 0.817. The fourth-order valence-electron chi connectivity index (χ4n) is 3.94. The predicted octanol–water partition coefficient (Wildman–Crippen LogP) is 2.26. The van der Waals surface area contributed by atoms with Crippen molar-refractivity contribution < 1.29 is 9.90 Å². The highest BCUT2D eigenvalue weighted by molar-refractivity contribution is 5.78. The molecule has 0 radical (unpaired) electrons. The van der Waals surface area contributed by atoms with Crippen molar-refractivity contribution in [3.8, 4) is 0 Å². The van der Waals surface area contributed by atoms with Gasteiger partial charge in [0.25, 0.3) is 0 Å². The van der Waals surface area contributed by atoms with E-state index < -0.39 is 0 Å².